The first-order valence-corrected chi connectivity index (χ1v) is 10.5. The van der Waals surface area contributed by atoms with Crippen molar-refractivity contribution in [2.45, 2.75) is 32.6 Å². The lowest BCUT2D eigenvalue weighted by Crippen LogP contribution is -2.40. The first kappa shape index (κ1) is 20.1. The molecule has 2 N–H and O–H groups in total. The van der Waals surface area contributed by atoms with E-state index in [9.17, 15) is 9.59 Å². The first-order valence-electron chi connectivity index (χ1n) is 10.5. The molecule has 8 heteroatoms. The van der Waals surface area contributed by atoms with Gasteiger partial charge in [0.1, 0.15) is 5.82 Å². The normalized spacial score (nSPS) is 14.9. The second kappa shape index (κ2) is 8.69. The Morgan fingerprint density at radius 1 is 1.23 bits per heavy atom. The highest BCUT2D eigenvalue weighted by Crippen LogP contribution is 2.22. The Morgan fingerprint density at radius 2 is 2.00 bits per heavy atom. The maximum Gasteiger partial charge on any atom is 0.257 e. The highest BCUT2D eigenvalue weighted by molar-refractivity contribution is 5.95. The summed E-state index contributed by atoms with van der Waals surface area (Å²) in [6, 6.07) is 8.04. The number of nitrogens with one attached hydrogen (secondary N) is 2. The number of H-pyrrole nitrogens is 1. The van der Waals surface area contributed by atoms with Crippen LogP contribution in [-0.4, -0.2) is 56.1 Å². The lowest BCUT2D eigenvalue weighted by Gasteiger charge is -2.31. The molecule has 1 saturated heterocycles. The summed E-state index contributed by atoms with van der Waals surface area (Å²) in [7, 11) is 2.01. The largest absolute Gasteiger partial charge is 0.356 e. The van der Waals surface area contributed by atoms with E-state index in [-0.39, 0.29) is 11.8 Å². The summed E-state index contributed by atoms with van der Waals surface area (Å²) in [6.45, 7) is 3.79. The van der Waals surface area contributed by atoms with Gasteiger partial charge in [0.2, 0.25) is 5.91 Å². The molecule has 4 rings (SSSR count). The molecular formula is C22H28N6O2. The number of fused-ring (bicyclic) bond motifs is 1. The van der Waals surface area contributed by atoms with Gasteiger partial charge in [-0.2, -0.15) is 5.10 Å². The van der Waals surface area contributed by atoms with Crippen LogP contribution in [0, 0.1) is 12.8 Å². The van der Waals surface area contributed by atoms with Crippen molar-refractivity contribution in [2.24, 2.45) is 13.0 Å². The number of imidazole rings is 1. The number of hydrogen-bond acceptors (Lipinski definition) is 4. The van der Waals surface area contributed by atoms with E-state index in [2.05, 4.69) is 31.1 Å². The SMILES string of the molecule is Cc1[nH]ncc1C(=O)N1CCC(CC(=O)NCCc2nc3ccccc3n2C)CC1. The molecule has 1 fully saturated rings. The minimum atomic E-state index is 0.0200. The minimum absolute atomic E-state index is 0.0200. The fourth-order valence-electron chi connectivity index (χ4n) is 4.14. The lowest BCUT2D eigenvalue weighted by molar-refractivity contribution is -0.122. The van der Waals surface area contributed by atoms with Crippen molar-refractivity contribution in [3.63, 3.8) is 0 Å². The third-order valence-corrected chi connectivity index (χ3v) is 5.99. The number of rotatable bonds is 6. The summed E-state index contributed by atoms with van der Waals surface area (Å²) in [5.74, 6) is 1.38. The molecule has 0 atom stereocenters. The predicted octanol–water partition coefficient (Wildman–Crippen LogP) is 2.21. The Labute approximate surface area is 175 Å². The molecule has 0 aliphatic carbocycles. The number of amides is 2. The molecule has 3 aromatic rings. The zero-order valence-electron chi connectivity index (χ0n) is 17.5. The number of para-hydroxylation sites is 2. The summed E-state index contributed by atoms with van der Waals surface area (Å²) < 4.78 is 2.08. The number of benzene rings is 1. The van der Waals surface area contributed by atoms with Crippen molar-refractivity contribution in [3.8, 4) is 0 Å². The molecule has 0 unspecified atom stereocenters. The molecule has 0 bridgehead atoms. The molecule has 2 aromatic heterocycles. The summed E-state index contributed by atoms with van der Waals surface area (Å²) >= 11 is 0. The summed E-state index contributed by atoms with van der Waals surface area (Å²) in [5.41, 5.74) is 3.51. The topological polar surface area (TPSA) is 95.9 Å². The van der Waals surface area contributed by atoms with Crippen LogP contribution >= 0.6 is 0 Å². The number of hydrogen-bond donors (Lipinski definition) is 2. The third kappa shape index (κ3) is 4.22. The maximum absolute atomic E-state index is 12.6. The summed E-state index contributed by atoms with van der Waals surface area (Å²) in [4.78, 5) is 31.4. The van der Waals surface area contributed by atoms with Crippen molar-refractivity contribution < 1.29 is 9.59 Å². The molecule has 3 heterocycles. The van der Waals surface area contributed by atoms with Gasteiger partial charge < -0.3 is 14.8 Å². The van der Waals surface area contributed by atoms with Crippen LogP contribution in [0.25, 0.3) is 11.0 Å². The fourth-order valence-corrected chi connectivity index (χ4v) is 4.14. The van der Waals surface area contributed by atoms with Gasteiger partial charge in [-0.1, -0.05) is 12.1 Å². The third-order valence-electron chi connectivity index (χ3n) is 5.99. The Bertz CT molecular complexity index is 1050. The summed E-state index contributed by atoms with van der Waals surface area (Å²) in [5, 5.41) is 9.77. The number of piperidine rings is 1. The number of nitrogens with zero attached hydrogens (tertiary/aromatic N) is 4. The minimum Gasteiger partial charge on any atom is -0.356 e. The predicted molar refractivity (Wildman–Crippen MR) is 114 cm³/mol. The average Bonchev–Trinajstić information content (AvgIpc) is 3.31. The Hall–Kier alpha value is -3.16. The van der Waals surface area contributed by atoms with E-state index in [4.69, 9.17) is 0 Å². The van der Waals surface area contributed by atoms with Gasteiger partial charge in [-0.25, -0.2) is 4.98 Å². The van der Waals surface area contributed by atoms with E-state index in [1.165, 1.54) is 0 Å². The molecule has 1 aliphatic rings. The molecule has 0 spiro atoms. The number of likely N-dealkylation sites (tertiary alicyclic amines) is 1. The van der Waals surface area contributed by atoms with Crippen LogP contribution in [0.1, 0.15) is 41.1 Å². The van der Waals surface area contributed by atoms with Crippen LogP contribution < -0.4 is 5.32 Å². The Morgan fingerprint density at radius 3 is 2.70 bits per heavy atom. The molecule has 1 aliphatic heterocycles. The lowest BCUT2D eigenvalue weighted by atomic mass is 9.93. The van der Waals surface area contributed by atoms with E-state index in [0.717, 1.165) is 35.4 Å². The Balaban J connectivity index is 1.21. The van der Waals surface area contributed by atoms with Gasteiger partial charge in [-0.3, -0.25) is 14.7 Å². The molecule has 0 saturated carbocycles. The van der Waals surface area contributed by atoms with Crippen molar-refractivity contribution in [1.82, 2.24) is 30.0 Å². The second-order valence-electron chi connectivity index (χ2n) is 8.02. The van der Waals surface area contributed by atoms with Gasteiger partial charge in [0.25, 0.3) is 5.91 Å². The zero-order valence-corrected chi connectivity index (χ0v) is 17.5. The molecule has 158 valence electrons. The van der Waals surface area contributed by atoms with Crippen molar-refractivity contribution in [1.29, 1.82) is 0 Å². The van der Waals surface area contributed by atoms with Gasteiger partial charge in [0.05, 0.1) is 22.8 Å². The Kier molecular flexibility index (Phi) is 5.83. The quantitative estimate of drug-likeness (QED) is 0.654. The van der Waals surface area contributed by atoms with Crippen molar-refractivity contribution in [2.75, 3.05) is 19.6 Å². The van der Waals surface area contributed by atoms with Gasteiger partial charge in [0.15, 0.2) is 0 Å². The van der Waals surface area contributed by atoms with Crippen LogP contribution in [0.15, 0.2) is 30.5 Å². The monoisotopic (exact) mass is 408 g/mol. The maximum atomic E-state index is 12.6. The molecular weight excluding hydrogens is 380 g/mol. The first-order chi connectivity index (χ1) is 14.5. The van der Waals surface area contributed by atoms with Crippen LogP contribution in [0.2, 0.25) is 0 Å². The molecule has 1 aromatic carbocycles. The highest BCUT2D eigenvalue weighted by atomic mass is 16.2. The van der Waals surface area contributed by atoms with Gasteiger partial charge >= 0.3 is 0 Å². The molecule has 30 heavy (non-hydrogen) atoms. The number of aromatic nitrogens is 4. The standard InChI is InChI=1S/C22H28N6O2/c1-15-17(14-24-26-15)22(30)28-11-8-16(9-12-28)13-21(29)23-10-7-20-25-18-5-3-4-6-19(18)27(20)2/h3-6,14,16H,7-13H2,1-2H3,(H,23,29)(H,24,26). The molecule has 8 nitrogen and oxygen atoms in total. The van der Waals surface area contributed by atoms with Crippen LogP contribution in [0.4, 0.5) is 0 Å². The van der Waals surface area contributed by atoms with Crippen LogP contribution in [-0.2, 0) is 18.3 Å². The molecule has 2 amide bonds. The van der Waals surface area contributed by atoms with Crippen molar-refractivity contribution in [3.05, 3.63) is 47.5 Å². The summed E-state index contributed by atoms with van der Waals surface area (Å²) in [6.07, 6.45) is 4.49. The van der Waals surface area contributed by atoms with E-state index >= 15 is 0 Å². The smallest absolute Gasteiger partial charge is 0.257 e. The highest BCUT2D eigenvalue weighted by Gasteiger charge is 2.26. The van der Waals surface area contributed by atoms with E-state index in [0.29, 0.717) is 44.0 Å². The number of aromatic amines is 1. The zero-order chi connectivity index (χ0) is 21.1. The van der Waals surface area contributed by atoms with E-state index in [1.54, 1.807) is 6.20 Å². The van der Waals surface area contributed by atoms with Crippen LogP contribution in [0.5, 0.6) is 0 Å². The number of carbonyl (C=O) groups is 2. The fraction of sp³-hybridized carbons (Fsp3) is 0.455. The van der Waals surface area contributed by atoms with E-state index in [1.807, 2.05) is 37.1 Å². The molecule has 0 radical (unpaired) electrons. The van der Waals surface area contributed by atoms with Gasteiger partial charge in [0, 0.05) is 45.2 Å². The van der Waals surface area contributed by atoms with Crippen molar-refractivity contribution >= 4 is 22.8 Å². The van der Waals surface area contributed by atoms with Gasteiger partial charge in [-0.05, 0) is 37.8 Å². The van der Waals surface area contributed by atoms with Crippen LogP contribution in [0.3, 0.4) is 0 Å². The van der Waals surface area contributed by atoms with E-state index < -0.39 is 0 Å². The number of carbonyl (C=O) groups excluding carboxylic acids is 2. The average molecular weight is 409 g/mol. The van der Waals surface area contributed by atoms with Gasteiger partial charge in [-0.15, -0.1) is 0 Å². The number of aryl methyl sites for hydroxylation is 2. The second-order valence-corrected chi connectivity index (χ2v) is 8.02.